The van der Waals surface area contributed by atoms with E-state index in [9.17, 15) is 0 Å². The Morgan fingerprint density at radius 2 is 1.88 bits per heavy atom. The van der Waals surface area contributed by atoms with Crippen LogP contribution in [0, 0.1) is 0 Å². The van der Waals surface area contributed by atoms with E-state index in [2.05, 4.69) is 39.4 Å². The van der Waals surface area contributed by atoms with Crippen molar-refractivity contribution >= 4 is 28.2 Å². The Morgan fingerprint density at radius 1 is 1.00 bits per heavy atom. The minimum atomic E-state index is 0.562. The maximum atomic E-state index is 5.54. The van der Waals surface area contributed by atoms with Crippen molar-refractivity contribution in [1.29, 1.82) is 0 Å². The summed E-state index contributed by atoms with van der Waals surface area (Å²) in [5, 5.41) is 9.19. The number of hydrogen-bond donors (Lipinski definition) is 0. The van der Waals surface area contributed by atoms with Gasteiger partial charge in [-0.05, 0) is 36.4 Å². The fraction of sp³-hybridized carbons (Fsp3) is 0.0500. The summed E-state index contributed by atoms with van der Waals surface area (Å²) in [4.78, 5) is 6.78. The molecule has 26 heavy (non-hydrogen) atoms. The Balaban J connectivity index is 1.78. The highest BCUT2D eigenvalue weighted by atomic mass is 16.3. The zero-order chi connectivity index (χ0) is 17.5. The Kier molecular flexibility index (Phi) is 3.21. The van der Waals surface area contributed by atoms with E-state index in [1.165, 1.54) is 0 Å². The number of furan rings is 1. The van der Waals surface area contributed by atoms with Gasteiger partial charge >= 0.3 is 0 Å². The van der Waals surface area contributed by atoms with Crippen LogP contribution < -0.4 is 4.90 Å². The first-order valence-corrected chi connectivity index (χ1v) is 8.27. The van der Waals surface area contributed by atoms with E-state index in [0.717, 1.165) is 33.7 Å². The molecular weight excluding hydrogens is 326 g/mol. The molecule has 5 aromatic rings. The molecular formula is C20H15N5O. The second-order valence-electron chi connectivity index (χ2n) is 6.04. The summed E-state index contributed by atoms with van der Waals surface area (Å²) in [7, 11) is 2.00. The molecule has 6 heteroatoms. The molecule has 0 aliphatic heterocycles. The van der Waals surface area contributed by atoms with Crippen LogP contribution in [-0.2, 0) is 0 Å². The van der Waals surface area contributed by atoms with Gasteiger partial charge in [-0.2, -0.15) is 4.98 Å². The Hall–Kier alpha value is -3.67. The van der Waals surface area contributed by atoms with Crippen molar-refractivity contribution in [3.63, 3.8) is 0 Å². The van der Waals surface area contributed by atoms with Gasteiger partial charge < -0.3 is 9.32 Å². The molecule has 0 atom stereocenters. The van der Waals surface area contributed by atoms with Crippen molar-refractivity contribution in [1.82, 2.24) is 19.6 Å². The number of para-hydroxylation sites is 1. The zero-order valence-corrected chi connectivity index (χ0v) is 14.1. The van der Waals surface area contributed by atoms with Gasteiger partial charge in [0.1, 0.15) is 17.9 Å². The fourth-order valence-corrected chi connectivity index (χ4v) is 3.18. The van der Waals surface area contributed by atoms with Gasteiger partial charge in [0.15, 0.2) is 0 Å². The number of rotatable bonds is 3. The van der Waals surface area contributed by atoms with Gasteiger partial charge in [-0.25, -0.2) is 0 Å². The predicted molar refractivity (Wildman–Crippen MR) is 100 cm³/mol. The van der Waals surface area contributed by atoms with Crippen molar-refractivity contribution < 1.29 is 4.42 Å². The summed E-state index contributed by atoms with van der Waals surface area (Å²) in [6, 6.07) is 20.1. The smallest absolute Gasteiger partial charge is 0.257 e. The number of benzene rings is 2. The summed E-state index contributed by atoms with van der Waals surface area (Å²) in [6.07, 6.45) is 3.36. The average molecular weight is 341 g/mol. The lowest BCUT2D eigenvalue weighted by Crippen LogP contribution is -2.12. The SMILES string of the molecule is CN(c1ccccc1)c1nc2nncn2c2cc(-c3ccco3)ccc12. The van der Waals surface area contributed by atoms with Gasteiger partial charge in [0.05, 0.1) is 11.8 Å². The lowest BCUT2D eigenvalue weighted by molar-refractivity contribution is 0.582. The van der Waals surface area contributed by atoms with Crippen molar-refractivity contribution in [2.45, 2.75) is 0 Å². The molecule has 0 aliphatic carbocycles. The lowest BCUT2D eigenvalue weighted by Gasteiger charge is -2.20. The predicted octanol–water partition coefficient (Wildman–Crippen LogP) is 4.31. The van der Waals surface area contributed by atoms with Crippen molar-refractivity contribution in [2.75, 3.05) is 11.9 Å². The average Bonchev–Trinajstić information content (AvgIpc) is 3.39. The van der Waals surface area contributed by atoms with E-state index in [0.29, 0.717) is 5.78 Å². The van der Waals surface area contributed by atoms with Crippen LogP contribution in [0.4, 0.5) is 11.5 Å². The third kappa shape index (κ3) is 2.23. The molecule has 126 valence electrons. The van der Waals surface area contributed by atoms with Gasteiger partial charge in [0, 0.05) is 23.7 Å². The molecule has 0 saturated carbocycles. The van der Waals surface area contributed by atoms with E-state index in [1.807, 2.05) is 47.8 Å². The zero-order valence-electron chi connectivity index (χ0n) is 14.1. The molecule has 2 aromatic carbocycles. The first-order valence-electron chi connectivity index (χ1n) is 8.27. The van der Waals surface area contributed by atoms with E-state index in [4.69, 9.17) is 9.40 Å². The maximum absolute atomic E-state index is 5.54. The van der Waals surface area contributed by atoms with E-state index < -0.39 is 0 Å². The van der Waals surface area contributed by atoms with E-state index >= 15 is 0 Å². The Morgan fingerprint density at radius 3 is 2.69 bits per heavy atom. The van der Waals surface area contributed by atoms with E-state index in [1.54, 1.807) is 12.6 Å². The van der Waals surface area contributed by atoms with Crippen molar-refractivity contribution in [3.05, 3.63) is 73.3 Å². The van der Waals surface area contributed by atoms with Crippen molar-refractivity contribution in [3.8, 4) is 11.3 Å². The quantitative estimate of drug-likeness (QED) is 0.489. The molecule has 0 unspecified atom stereocenters. The largest absolute Gasteiger partial charge is 0.464 e. The molecule has 0 saturated heterocycles. The van der Waals surface area contributed by atoms with Crippen LogP contribution in [0.25, 0.3) is 28.0 Å². The second-order valence-corrected chi connectivity index (χ2v) is 6.04. The van der Waals surface area contributed by atoms with Crippen molar-refractivity contribution in [2.24, 2.45) is 0 Å². The first-order chi connectivity index (χ1) is 12.8. The highest BCUT2D eigenvalue weighted by molar-refractivity contribution is 5.95. The molecule has 3 heterocycles. The Bertz CT molecular complexity index is 1200. The third-order valence-corrected chi connectivity index (χ3v) is 4.50. The van der Waals surface area contributed by atoms with Crippen LogP contribution in [0.15, 0.2) is 77.7 Å². The summed E-state index contributed by atoms with van der Waals surface area (Å²) in [5.41, 5.74) is 3.03. The molecule has 6 nitrogen and oxygen atoms in total. The molecule has 0 amide bonds. The topological polar surface area (TPSA) is 59.5 Å². The van der Waals surface area contributed by atoms with E-state index in [-0.39, 0.29) is 0 Å². The normalized spacial score (nSPS) is 11.3. The monoisotopic (exact) mass is 341 g/mol. The summed E-state index contributed by atoms with van der Waals surface area (Å²) < 4.78 is 7.44. The number of aromatic nitrogens is 4. The lowest BCUT2D eigenvalue weighted by atomic mass is 10.1. The standard InChI is InChI=1S/C20H15N5O/c1-24(15-6-3-2-4-7-15)19-16-10-9-14(18-8-5-11-26-18)12-17(16)25-13-21-23-20(25)22-19/h2-13H,1H3. The maximum Gasteiger partial charge on any atom is 0.257 e. The molecule has 0 aliphatic rings. The van der Waals surface area contributed by atoms with Gasteiger partial charge in [-0.1, -0.05) is 24.3 Å². The third-order valence-electron chi connectivity index (χ3n) is 4.50. The molecule has 0 spiro atoms. The summed E-state index contributed by atoms with van der Waals surface area (Å²) >= 11 is 0. The molecule has 0 N–H and O–H groups in total. The van der Waals surface area contributed by atoms with Crippen LogP contribution in [0.5, 0.6) is 0 Å². The molecule has 0 bridgehead atoms. The molecule has 5 rings (SSSR count). The van der Waals surface area contributed by atoms with Gasteiger partial charge in [0.2, 0.25) is 0 Å². The minimum absolute atomic E-state index is 0.562. The molecule has 3 aromatic heterocycles. The van der Waals surface area contributed by atoms with Crippen LogP contribution >= 0.6 is 0 Å². The Labute approximate surface area is 149 Å². The number of nitrogens with zero attached hydrogens (tertiary/aromatic N) is 5. The first kappa shape index (κ1) is 14.7. The second kappa shape index (κ2) is 5.70. The number of anilines is 2. The van der Waals surface area contributed by atoms with Crippen LogP contribution in [0.2, 0.25) is 0 Å². The van der Waals surface area contributed by atoms with Crippen LogP contribution in [-0.4, -0.2) is 26.6 Å². The van der Waals surface area contributed by atoms with Gasteiger partial charge in [-0.3, -0.25) is 4.40 Å². The fourth-order valence-electron chi connectivity index (χ4n) is 3.18. The van der Waals surface area contributed by atoms with Gasteiger partial charge in [0.25, 0.3) is 5.78 Å². The summed E-state index contributed by atoms with van der Waals surface area (Å²) in [6.45, 7) is 0. The molecule has 0 fully saturated rings. The van der Waals surface area contributed by atoms with Gasteiger partial charge in [-0.15, -0.1) is 10.2 Å². The number of fused-ring (bicyclic) bond motifs is 3. The highest BCUT2D eigenvalue weighted by Crippen LogP contribution is 2.32. The minimum Gasteiger partial charge on any atom is -0.464 e. The molecule has 0 radical (unpaired) electrons. The van der Waals surface area contributed by atoms with Crippen LogP contribution in [0.3, 0.4) is 0 Å². The number of hydrogen-bond acceptors (Lipinski definition) is 5. The summed E-state index contributed by atoms with van der Waals surface area (Å²) in [5.74, 6) is 2.22. The highest BCUT2D eigenvalue weighted by Gasteiger charge is 2.15. The van der Waals surface area contributed by atoms with Crippen LogP contribution in [0.1, 0.15) is 0 Å².